The van der Waals surface area contributed by atoms with Gasteiger partial charge in [0.05, 0.1) is 23.0 Å². The van der Waals surface area contributed by atoms with Gasteiger partial charge in [-0.3, -0.25) is 34.2 Å². The number of pyridine rings is 1. The Bertz CT molecular complexity index is 4960. The highest BCUT2D eigenvalue weighted by Gasteiger charge is 2.28. The number of H-pyrrole nitrogens is 1. The van der Waals surface area contributed by atoms with Crippen molar-refractivity contribution >= 4 is 119 Å². The number of ether oxygens (including phenoxy) is 1. The molecule has 111 heavy (non-hydrogen) atoms. The number of Topliss-reactive ketones (excluding diaryl/α,β-unsaturated/α-hetero) is 2. The van der Waals surface area contributed by atoms with Crippen LogP contribution in [0.4, 0.5) is 28.4 Å². The van der Waals surface area contributed by atoms with Crippen LogP contribution in [0, 0.1) is 10.1 Å². The van der Waals surface area contributed by atoms with Gasteiger partial charge in [0.1, 0.15) is 17.2 Å². The number of aromatic nitrogens is 1. The summed E-state index contributed by atoms with van der Waals surface area (Å²) in [6.07, 6.45) is 9.76. The zero-order valence-corrected chi connectivity index (χ0v) is 66.8. The number of nitrogens with two attached hydrogens (primary N) is 2. The Hall–Kier alpha value is -9.88. The summed E-state index contributed by atoms with van der Waals surface area (Å²) in [6.45, 7) is 13.3. The van der Waals surface area contributed by atoms with Crippen molar-refractivity contribution in [3.05, 3.63) is 266 Å². The highest BCUT2D eigenvalue weighted by atomic mass is 35.5. The molecule has 584 valence electrons. The molecule has 9 aromatic carbocycles. The van der Waals surface area contributed by atoms with E-state index in [1.165, 1.54) is 68.6 Å². The summed E-state index contributed by atoms with van der Waals surface area (Å²) in [5.74, 6) is 0.413. The monoisotopic (exact) mass is 1580 g/mol. The lowest BCUT2D eigenvalue weighted by Gasteiger charge is -2.36. The molecule has 0 spiro atoms. The summed E-state index contributed by atoms with van der Waals surface area (Å²) in [7, 11) is 3.45. The number of nitrogen functional groups attached to an aromatic ring is 1. The molecule has 1 amide bonds. The zero-order chi connectivity index (χ0) is 78.1. The maximum Gasteiger partial charge on any atom is 0.293 e. The minimum absolute atomic E-state index is 0. The average molecular weight is 1580 g/mol. The molecular formula is C87H101Cl2N11O9S2. The Kier molecular flexibility index (Phi) is 32.2. The first-order valence-electron chi connectivity index (χ1n) is 37.4. The number of sulfone groups is 1. The number of benzene rings is 9. The van der Waals surface area contributed by atoms with Gasteiger partial charge in [-0.25, -0.2) is 8.42 Å². The van der Waals surface area contributed by atoms with Gasteiger partial charge < -0.3 is 51.4 Å². The van der Waals surface area contributed by atoms with Crippen LogP contribution in [0.15, 0.2) is 227 Å². The molecule has 20 nitrogen and oxygen atoms in total. The maximum absolute atomic E-state index is 13.5. The first-order valence-corrected chi connectivity index (χ1v) is 40.4. The molecule has 13 rings (SSSR count). The molecule has 2 fully saturated rings. The maximum atomic E-state index is 13.5. The van der Waals surface area contributed by atoms with E-state index in [0.29, 0.717) is 46.9 Å². The van der Waals surface area contributed by atoms with E-state index < -0.39 is 26.3 Å². The lowest BCUT2D eigenvalue weighted by Crippen LogP contribution is -2.46. The van der Waals surface area contributed by atoms with Crippen LogP contribution < -0.4 is 37.3 Å². The molecule has 24 heteroatoms. The normalized spacial score (nSPS) is 13.9. The number of piperazine rings is 1. The first-order chi connectivity index (χ1) is 53.0. The quantitative estimate of drug-likeness (QED) is 0.00609. The fraction of sp³-hybridized carbons (Fsp3) is 0.310. The van der Waals surface area contributed by atoms with E-state index in [2.05, 4.69) is 55.1 Å². The lowest BCUT2D eigenvalue weighted by molar-refractivity contribution is -0.384. The molecule has 0 unspecified atom stereocenters. The van der Waals surface area contributed by atoms with Crippen LogP contribution in [0.1, 0.15) is 88.8 Å². The van der Waals surface area contributed by atoms with Gasteiger partial charge >= 0.3 is 0 Å². The van der Waals surface area contributed by atoms with E-state index in [1.54, 1.807) is 42.1 Å². The van der Waals surface area contributed by atoms with Crippen molar-refractivity contribution in [1.29, 1.82) is 0 Å². The minimum atomic E-state index is -4.18. The van der Waals surface area contributed by atoms with E-state index in [0.717, 1.165) is 132 Å². The molecule has 7 N–H and O–H groups in total. The number of halogens is 2. The van der Waals surface area contributed by atoms with E-state index >= 15 is 0 Å². The van der Waals surface area contributed by atoms with Crippen molar-refractivity contribution in [2.75, 3.05) is 126 Å². The fourth-order valence-corrected chi connectivity index (χ4v) is 15.9. The number of hydrogen-bond donors (Lipinski definition) is 5. The third-order valence-corrected chi connectivity index (χ3v) is 22.4. The number of rotatable bonds is 27. The number of piperidine rings is 1. The van der Waals surface area contributed by atoms with Gasteiger partial charge in [-0.1, -0.05) is 122 Å². The van der Waals surface area contributed by atoms with Gasteiger partial charge in [-0.15, -0.1) is 24.2 Å². The van der Waals surface area contributed by atoms with Crippen molar-refractivity contribution in [2.45, 2.75) is 80.2 Å². The Morgan fingerprint density at radius 3 is 2.09 bits per heavy atom. The first kappa shape index (κ1) is 85.1. The molecular weight excluding hydrogens is 1480 g/mol. The molecule has 0 bridgehead atoms. The molecule has 2 aliphatic heterocycles. The summed E-state index contributed by atoms with van der Waals surface area (Å²) in [4.78, 5) is 75.5. The number of anilines is 4. The third kappa shape index (κ3) is 25.3. The highest BCUT2D eigenvalue weighted by molar-refractivity contribution is 7.99. The minimum Gasteiger partial charge on any atom is -0.493 e. The van der Waals surface area contributed by atoms with Crippen LogP contribution in [-0.4, -0.2) is 167 Å². The Morgan fingerprint density at radius 2 is 1.40 bits per heavy atom. The van der Waals surface area contributed by atoms with Crippen LogP contribution in [0.3, 0.4) is 0 Å². The molecule has 0 saturated carbocycles. The summed E-state index contributed by atoms with van der Waals surface area (Å²) in [6, 6.07) is 63.1. The molecule has 10 aromatic rings. The largest absolute Gasteiger partial charge is 0.493 e. The number of thioether (sulfide) groups is 1. The molecule has 1 aromatic heterocycles. The zero-order valence-electron chi connectivity index (χ0n) is 63.6. The number of likely N-dealkylation sites (tertiary alicyclic amines) is 1. The summed E-state index contributed by atoms with van der Waals surface area (Å²) >= 11 is 7.76. The summed E-state index contributed by atoms with van der Waals surface area (Å²) < 4.78 is 32.9. The molecule has 1 atom stereocenters. The van der Waals surface area contributed by atoms with Gasteiger partial charge in [0, 0.05) is 123 Å². The predicted molar refractivity (Wildman–Crippen MR) is 457 cm³/mol. The predicted octanol–water partition coefficient (Wildman–Crippen LogP) is 16.1. The summed E-state index contributed by atoms with van der Waals surface area (Å²) in [5.41, 5.74) is 21.1. The van der Waals surface area contributed by atoms with Gasteiger partial charge in [-0.05, 0) is 230 Å². The van der Waals surface area contributed by atoms with Crippen LogP contribution in [0.25, 0.3) is 38.5 Å². The number of carbonyl (C=O) groups excluding carboxylic acids is 3. The average Bonchev–Trinajstić information content (AvgIpc) is 0.797. The van der Waals surface area contributed by atoms with Gasteiger partial charge in [-0.2, -0.15) is 0 Å². The second kappa shape index (κ2) is 42.0. The van der Waals surface area contributed by atoms with Crippen LogP contribution in [0.2, 0.25) is 5.02 Å². The van der Waals surface area contributed by atoms with E-state index in [1.807, 2.05) is 178 Å². The van der Waals surface area contributed by atoms with Crippen molar-refractivity contribution in [3.8, 4) is 16.9 Å². The van der Waals surface area contributed by atoms with Crippen LogP contribution >= 0.6 is 35.8 Å². The van der Waals surface area contributed by atoms with Crippen molar-refractivity contribution in [2.24, 2.45) is 5.73 Å². The van der Waals surface area contributed by atoms with Crippen molar-refractivity contribution in [1.82, 2.24) is 24.6 Å². The number of nitro benzene ring substituents is 1. The molecule has 2 saturated heterocycles. The number of amides is 1. The van der Waals surface area contributed by atoms with Crippen LogP contribution in [0.5, 0.6) is 5.75 Å². The van der Waals surface area contributed by atoms with Crippen molar-refractivity contribution in [3.63, 3.8) is 0 Å². The molecule has 3 aliphatic rings. The topological polar surface area (TPSA) is 263 Å². The number of likely N-dealkylation sites (N-methyl/N-ethyl adjacent to an activating group) is 1. The Morgan fingerprint density at radius 1 is 0.703 bits per heavy atom. The number of fused-ring (bicyclic) bond motifs is 4. The fourth-order valence-electron chi connectivity index (χ4n) is 13.6. The molecule has 3 heterocycles. The van der Waals surface area contributed by atoms with Gasteiger partial charge in [0.2, 0.25) is 5.91 Å². The van der Waals surface area contributed by atoms with Crippen LogP contribution in [-0.2, 0) is 27.6 Å². The smallest absolute Gasteiger partial charge is 0.293 e. The SMILES string of the molecule is C=C(N)c1cccc(N)c1.CN(C)CC(=O)Nc1ccc2[nH]c(=O)c3ccccc3c2c1.CN(C)CC[C@H](CSc1ccccc1)Nc1ccc(S(=O)(=O)CC(=O)c2ccc(N3CCN(Cc4ccccc4-c4ccc(Cl)cc4)CC3)cc2)cc1[N+](=O)[O-].Cl.O=C1CCCc2c(OCCCCN3CCCCC3)cccc21. The lowest BCUT2D eigenvalue weighted by atomic mass is 9.90. The standard InChI is InChI=1S/C43H46ClN5O5S2.C19H27NO2.C17H17N3O2.C8H10N2.ClH/c1-46(2)23-22-36(30-55-38-9-4-3-5-10-38)45-41-21-20-39(28-42(41)49(51)52)56(53,54)31-43(50)33-14-18-37(19-15-33)48-26-24-47(25-27-48)29-34-8-6-7-11-40(34)32-12-16-35(44)17-13-32;21-18-10-6-9-17-16(18)8-7-11-19(17)22-15-5-4-14-20-12-2-1-3-13-20;1-20(2)10-16(21)18-11-7-8-15-14(9-11)12-5-3-4-6-13(12)17(22)19-15;1-6(9)7-3-2-4-8(10)5-7;/h3-21,28,36,45H,22-27,29-31H2,1-2H3;7-8,11H,1-6,9-10,12-15H2;3-9H,10H2,1-2H3,(H,18,21)(H,19,22);2-5H,1,9-10H2;1H/t36-;;;;/m1..../s1. The number of ketones is 2. The second-order valence-corrected chi connectivity index (χ2v) is 31.9. The number of nitrogens with one attached hydrogen (secondary N) is 3. The Labute approximate surface area is 667 Å². The second-order valence-electron chi connectivity index (χ2n) is 28.4. The number of hydrogen-bond acceptors (Lipinski definition) is 18. The number of nitro groups is 1. The number of nitrogens with zero attached hydrogens (tertiary/aromatic N) is 6. The number of unbranched alkanes of at least 4 members (excludes halogenated alkanes) is 1. The summed E-state index contributed by atoms with van der Waals surface area (Å²) in [5, 5.41) is 21.5. The van der Waals surface area contributed by atoms with Gasteiger partial charge in [0.25, 0.3) is 11.2 Å². The highest BCUT2D eigenvalue weighted by Crippen LogP contribution is 2.34. The van der Waals surface area contributed by atoms with Gasteiger partial charge in [0.15, 0.2) is 21.4 Å². The Balaban J connectivity index is 0.000000208. The number of carbonyl (C=O) groups is 3. The third-order valence-electron chi connectivity index (χ3n) is 19.4. The van der Waals surface area contributed by atoms with Crippen molar-refractivity contribution < 1.29 is 32.5 Å². The van der Waals surface area contributed by atoms with E-state index in [9.17, 15) is 37.7 Å². The molecule has 0 radical (unpaired) electrons. The number of aromatic amines is 1. The molecule has 1 aliphatic carbocycles. The van der Waals surface area contributed by atoms with E-state index in [4.69, 9.17) is 27.8 Å². The van der Waals surface area contributed by atoms with E-state index in [-0.39, 0.29) is 57.5 Å².